The first kappa shape index (κ1) is 37.1. The highest BCUT2D eigenvalue weighted by Gasteiger charge is 2.39. The summed E-state index contributed by atoms with van der Waals surface area (Å²) in [4.78, 5) is 72.7. The Morgan fingerprint density at radius 2 is 1.86 bits per heavy atom. The molecule has 1 aliphatic heterocycles. The van der Waals surface area contributed by atoms with Crippen LogP contribution in [0.15, 0.2) is 5.38 Å². The van der Waals surface area contributed by atoms with Crippen molar-refractivity contribution in [2.24, 2.45) is 11.8 Å². The molecule has 0 aliphatic carbocycles. The van der Waals surface area contributed by atoms with Gasteiger partial charge in [-0.05, 0) is 44.7 Å². The highest BCUT2D eigenvalue weighted by molar-refractivity contribution is 7.09. The van der Waals surface area contributed by atoms with E-state index in [1.165, 1.54) is 30.2 Å². The normalized spacial score (nSPS) is 18.1. The van der Waals surface area contributed by atoms with Crippen molar-refractivity contribution in [3.05, 3.63) is 16.1 Å². The number of hydrogen-bond acceptors (Lipinski definition) is 10. The van der Waals surface area contributed by atoms with Gasteiger partial charge in [0.15, 0.2) is 12.8 Å². The molecule has 1 saturated heterocycles. The Labute approximate surface area is 265 Å². The molecule has 1 fully saturated rings. The zero-order chi connectivity index (χ0) is 33.0. The summed E-state index contributed by atoms with van der Waals surface area (Å²) < 4.78 is 11.3. The zero-order valence-corrected chi connectivity index (χ0v) is 28.3. The Morgan fingerprint density at radius 1 is 1.16 bits per heavy atom. The van der Waals surface area contributed by atoms with Crippen LogP contribution in [0.2, 0.25) is 0 Å². The second kappa shape index (κ2) is 18.0. The predicted molar refractivity (Wildman–Crippen MR) is 168 cm³/mol. The van der Waals surface area contributed by atoms with Gasteiger partial charge in [-0.15, -0.1) is 11.3 Å². The third-order valence-corrected chi connectivity index (χ3v) is 9.08. The van der Waals surface area contributed by atoms with Gasteiger partial charge in [0.2, 0.25) is 11.8 Å². The van der Waals surface area contributed by atoms with Gasteiger partial charge in [-0.1, -0.05) is 47.5 Å². The molecule has 1 aromatic rings. The fraction of sp³-hybridized carbons (Fsp3) is 0.742. The van der Waals surface area contributed by atoms with Crippen molar-refractivity contribution < 1.29 is 33.4 Å². The fourth-order valence-electron chi connectivity index (χ4n) is 5.30. The standard InChI is InChI=1S/C31H51N5O7S/c1-9-13-26(38)42-18-36(31(41)27(20(5)10-2)34-29(40)23-14-11-12-15-35(23)8)24(19(3)4)16-25(43-21(6)37)30-33-22(17-44-30)28(39)32-7/h17,19-20,23-25,27H,9-16,18H2,1-8H3,(H,32,39)(H,34,40)/t20?,23?,24-,25-,27+/m1/s1. The number of likely N-dealkylation sites (tertiary alicyclic amines) is 1. The molecular formula is C31H51N5O7S. The minimum absolute atomic E-state index is 0.140. The molecule has 1 aromatic heterocycles. The van der Waals surface area contributed by atoms with E-state index < -0.39 is 30.1 Å². The number of carbonyl (C=O) groups is 5. The van der Waals surface area contributed by atoms with Crippen LogP contribution in [0.4, 0.5) is 0 Å². The van der Waals surface area contributed by atoms with Crippen molar-refractivity contribution in [1.82, 2.24) is 25.4 Å². The number of amides is 3. The first-order chi connectivity index (χ1) is 20.8. The van der Waals surface area contributed by atoms with Crippen LogP contribution in [0.25, 0.3) is 0 Å². The number of piperidine rings is 1. The van der Waals surface area contributed by atoms with E-state index in [0.29, 0.717) is 24.3 Å². The maximum absolute atomic E-state index is 14.5. The molecule has 5 atom stereocenters. The summed E-state index contributed by atoms with van der Waals surface area (Å²) in [7, 11) is 3.42. The molecule has 3 amide bonds. The maximum atomic E-state index is 14.5. The van der Waals surface area contributed by atoms with Gasteiger partial charge in [-0.25, -0.2) is 4.98 Å². The number of carbonyl (C=O) groups excluding carboxylic acids is 5. The molecule has 0 spiro atoms. The topological polar surface area (TPSA) is 147 Å². The lowest BCUT2D eigenvalue weighted by Gasteiger charge is -2.39. The number of nitrogens with one attached hydrogen (secondary N) is 2. The third-order valence-electron chi connectivity index (χ3n) is 8.14. The predicted octanol–water partition coefficient (Wildman–Crippen LogP) is 3.67. The average molecular weight is 638 g/mol. The highest BCUT2D eigenvalue weighted by atomic mass is 32.1. The maximum Gasteiger partial charge on any atom is 0.307 e. The monoisotopic (exact) mass is 637 g/mol. The van der Waals surface area contributed by atoms with E-state index >= 15 is 0 Å². The van der Waals surface area contributed by atoms with Gasteiger partial charge < -0.3 is 25.0 Å². The van der Waals surface area contributed by atoms with Gasteiger partial charge in [-0.2, -0.15) is 0 Å². The van der Waals surface area contributed by atoms with Crippen molar-refractivity contribution in [2.75, 3.05) is 27.4 Å². The molecule has 44 heavy (non-hydrogen) atoms. The van der Waals surface area contributed by atoms with Crippen LogP contribution in [-0.2, 0) is 28.7 Å². The van der Waals surface area contributed by atoms with E-state index in [9.17, 15) is 24.0 Å². The van der Waals surface area contributed by atoms with E-state index in [-0.39, 0.29) is 60.9 Å². The zero-order valence-electron chi connectivity index (χ0n) is 27.5. The Kier molecular flexibility index (Phi) is 15.2. The second-order valence-electron chi connectivity index (χ2n) is 11.9. The SMILES string of the molecule is CCCC(=O)OCN(C(=O)[C@@H](NC(=O)C1CCCCN1C)C(C)CC)[C@H](C[C@@H](OC(C)=O)c1nc(C(=O)NC)cs1)C(C)C. The highest BCUT2D eigenvalue weighted by Crippen LogP contribution is 2.31. The van der Waals surface area contributed by atoms with Crippen LogP contribution < -0.4 is 10.6 Å². The molecule has 248 valence electrons. The summed E-state index contributed by atoms with van der Waals surface area (Å²) in [6.07, 6.45) is 3.37. The van der Waals surface area contributed by atoms with E-state index in [1.807, 2.05) is 46.6 Å². The Bertz CT molecular complexity index is 1130. The summed E-state index contributed by atoms with van der Waals surface area (Å²) in [5, 5.41) is 7.57. The number of rotatable bonds is 16. The number of aromatic nitrogens is 1. The number of likely N-dealkylation sites (N-methyl/N-ethyl adjacent to an activating group) is 1. The van der Waals surface area contributed by atoms with Gasteiger partial charge in [-0.3, -0.25) is 28.9 Å². The van der Waals surface area contributed by atoms with Gasteiger partial charge in [0.25, 0.3) is 5.91 Å². The Morgan fingerprint density at radius 3 is 2.43 bits per heavy atom. The fourth-order valence-corrected chi connectivity index (χ4v) is 6.14. The summed E-state index contributed by atoms with van der Waals surface area (Å²) in [5.41, 5.74) is 0.194. The number of esters is 2. The van der Waals surface area contributed by atoms with Gasteiger partial charge >= 0.3 is 11.9 Å². The Balaban J connectivity index is 2.49. The molecule has 0 radical (unpaired) electrons. The van der Waals surface area contributed by atoms with E-state index in [1.54, 1.807) is 5.38 Å². The number of ether oxygens (including phenoxy) is 2. The second-order valence-corrected chi connectivity index (χ2v) is 12.8. The van der Waals surface area contributed by atoms with Gasteiger partial charge in [0, 0.05) is 38.2 Å². The van der Waals surface area contributed by atoms with Crippen LogP contribution in [0.1, 0.15) is 108 Å². The lowest BCUT2D eigenvalue weighted by Crippen LogP contribution is -2.59. The van der Waals surface area contributed by atoms with Crippen molar-refractivity contribution in [1.29, 1.82) is 0 Å². The van der Waals surface area contributed by atoms with Gasteiger partial charge in [0.05, 0.1) is 6.04 Å². The molecule has 0 bridgehead atoms. The summed E-state index contributed by atoms with van der Waals surface area (Å²) >= 11 is 1.18. The molecule has 13 heteroatoms. The van der Waals surface area contributed by atoms with E-state index in [0.717, 1.165) is 19.4 Å². The number of thiazole rings is 1. The smallest absolute Gasteiger partial charge is 0.307 e. The first-order valence-electron chi connectivity index (χ1n) is 15.7. The average Bonchev–Trinajstić information content (AvgIpc) is 3.48. The molecule has 12 nitrogen and oxygen atoms in total. The molecule has 2 rings (SSSR count). The molecule has 2 heterocycles. The molecular weight excluding hydrogens is 586 g/mol. The lowest BCUT2D eigenvalue weighted by atomic mass is 9.92. The van der Waals surface area contributed by atoms with Crippen molar-refractivity contribution >= 4 is 41.0 Å². The van der Waals surface area contributed by atoms with Crippen LogP contribution in [-0.4, -0.2) is 89.9 Å². The largest absolute Gasteiger partial charge is 0.455 e. The van der Waals surface area contributed by atoms with Crippen molar-refractivity contribution in [3.8, 4) is 0 Å². The van der Waals surface area contributed by atoms with E-state index in [4.69, 9.17) is 9.47 Å². The molecule has 2 unspecified atom stereocenters. The molecule has 0 aromatic carbocycles. The summed E-state index contributed by atoms with van der Waals surface area (Å²) in [6, 6.07) is -1.76. The van der Waals surface area contributed by atoms with Crippen molar-refractivity contribution in [3.63, 3.8) is 0 Å². The lowest BCUT2D eigenvalue weighted by molar-refractivity contribution is -0.160. The van der Waals surface area contributed by atoms with Crippen LogP contribution in [0, 0.1) is 11.8 Å². The summed E-state index contributed by atoms with van der Waals surface area (Å²) in [5.74, 6) is -2.29. The molecule has 1 aliphatic rings. The van der Waals surface area contributed by atoms with Gasteiger partial charge in [0.1, 0.15) is 16.7 Å². The molecule has 0 saturated carbocycles. The first-order valence-corrected chi connectivity index (χ1v) is 16.5. The minimum Gasteiger partial charge on any atom is -0.455 e. The van der Waals surface area contributed by atoms with Crippen LogP contribution >= 0.6 is 11.3 Å². The summed E-state index contributed by atoms with van der Waals surface area (Å²) in [6.45, 7) is 11.4. The van der Waals surface area contributed by atoms with Crippen LogP contribution in [0.3, 0.4) is 0 Å². The third kappa shape index (κ3) is 10.5. The minimum atomic E-state index is -0.863. The Hall–Kier alpha value is -3.06. The van der Waals surface area contributed by atoms with E-state index in [2.05, 4.69) is 15.6 Å². The molecule has 2 N–H and O–H groups in total. The quantitative estimate of drug-likeness (QED) is 0.205. The van der Waals surface area contributed by atoms with Crippen LogP contribution in [0.5, 0.6) is 0 Å². The number of hydrogen-bond donors (Lipinski definition) is 2. The number of nitrogens with zero attached hydrogens (tertiary/aromatic N) is 3. The van der Waals surface area contributed by atoms with Crippen molar-refractivity contribution in [2.45, 2.75) is 111 Å².